The molecule has 0 aliphatic heterocycles. The number of nitrogens with zero attached hydrogens (tertiary/aromatic N) is 1. The number of hydrogen-bond donors (Lipinski definition) is 2. The van der Waals surface area contributed by atoms with E-state index in [2.05, 4.69) is 74.7 Å². The van der Waals surface area contributed by atoms with Gasteiger partial charge in [0.05, 0.1) is 33.8 Å². The Bertz CT molecular complexity index is 1490. The smallest absolute Gasteiger partial charge is 0.456 e. The van der Waals surface area contributed by atoms with Gasteiger partial charge in [-0.1, -0.05) is 268 Å². The van der Waals surface area contributed by atoms with Crippen LogP contribution in [0.3, 0.4) is 0 Å². The lowest BCUT2D eigenvalue weighted by Crippen LogP contribution is -2.47. The number of likely N-dealkylation sites (N-methyl/N-ethyl adjacent to an activating group) is 1. The van der Waals surface area contributed by atoms with Crippen molar-refractivity contribution in [2.45, 2.75) is 309 Å². The Balaban J connectivity index is 5.20. The van der Waals surface area contributed by atoms with Gasteiger partial charge in [-0.3, -0.25) is 18.6 Å². The Kier molecular flexibility index (Phi) is 54.3. The summed E-state index contributed by atoms with van der Waals surface area (Å²) in [6.07, 6.45) is 70.7. The van der Waals surface area contributed by atoms with Crippen LogP contribution in [-0.2, 0) is 27.9 Å². The van der Waals surface area contributed by atoms with Crippen LogP contribution < -0.4 is 5.32 Å². The zero-order valence-electron chi connectivity index (χ0n) is 50.7. The number of amides is 1. The lowest BCUT2D eigenvalue weighted by molar-refractivity contribution is -0.870. The van der Waals surface area contributed by atoms with Crippen molar-refractivity contribution in [3.05, 3.63) is 60.8 Å². The third-order valence-electron chi connectivity index (χ3n) is 14.2. The van der Waals surface area contributed by atoms with Crippen LogP contribution in [0.15, 0.2) is 60.8 Å². The average Bonchev–Trinajstić information content (AvgIpc) is 3.38. The number of rotatable bonds is 58. The summed E-state index contributed by atoms with van der Waals surface area (Å²) in [5.74, 6) is -0.508. The number of phosphoric acid groups is 1. The van der Waals surface area contributed by atoms with Crippen LogP contribution in [0.2, 0.25) is 0 Å². The first kappa shape index (κ1) is 73.7. The van der Waals surface area contributed by atoms with E-state index in [4.69, 9.17) is 13.8 Å². The molecule has 0 radical (unpaired) electrons. The lowest BCUT2D eigenvalue weighted by Gasteiger charge is -2.27. The summed E-state index contributed by atoms with van der Waals surface area (Å²) in [5.41, 5.74) is 0. The molecular formula is C66H124N2O7P+. The molecule has 0 saturated heterocycles. The first-order chi connectivity index (χ1) is 36.9. The standard InChI is InChI=1S/C66H123N2O7P/c1-7-10-13-16-19-22-25-28-30-31-32-33-34-35-36-37-39-41-44-47-50-53-56-59-66(70)75-64(57-54-51-48-45-42-27-24-21-18-15-12-9-3)63(62-74-76(71,72)73-61-60-68(4,5)6)67-65(69)58-55-52-49-46-43-40-38-29-26-23-20-17-14-11-8-2/h19,22,28,30,32-33,35-36,54,57,63-64H,7-18,20-21,23-27,29,31,34,37-53,55-56,58-62H2,1-6H3,(H-,67,69,71,72)/p+1/b22-19-,30-28-,33-32-,36-35-,57-54+. The lowest BCUT2D eigenvalue weighted by atomic mass is 10.0. The van der Waals surface area contributed by atoms with Gasteiger partial charge in [0, 0.05) is 12.8 Å². The van der Waals surface area contributed by atoms with E-state index in [0.717, 1.165) is 89.9 Å². The van der Waals surface area contributed by atoms with Crippen LogP contribution in [0.4, 0.5) is 0 Å². The maximum atomic E-state index is 13.5. The molecule has 0 aliphatic carbocycles. The highest BCUT2D eigenvalue weighted by Gasteiger charge is 2.30. The van der Waals surface area contributed by atoms with Crippen molar-refractivity contribution >= 4 is 19.7 Å². The number of esters is 1. The molecule has 0 aromatic heterocycles. The van der Waals surface area contributed by atoms with Gasteiger partial charge in [-0.25, -0.2) is 4.57 Å². The van der Waals surface area contributed by atoms with Crippen LogP contribution in [0.5, 0.6) is 0 Å². The molecule has 9 nitrogen and oxygen atoms in total. The molecule has 3 atom stereocenters. The molecule has 0 rings (SSSR count). The quantitative estimate of drug-likeness (QED) is 0.0205. The summed E-state index contributed by atoms with van der Waals surface area (Å²) in [6, 6.07) is -0.852. The number of unbranched alkanes of at least 4 members (excludes halogenated alkanes) is 34. The van der Waals surface area contributed by atoms with Gasteiger partial charge >= 0.3 is 13.8 Å². The van der Waals surface area contributed by atoms with Gasteiger partial charge < -0.3 is 19.4 Å². The highest BCUT2D eigenvalue weighted by molar-refractivity contribution is 7.47. The summed E-state index contributed by atoms with van der Waals surface area (Å²) in [4.78, 5) is 37.7. The van der Waals surface area contributed by atoms with Crippen molar-refractivity contribution in [3.8, 4) is 0 Å². The normalized spacial score (nSPS) is 14.0. The zero-order valence-corrected chi connectivity index (χ0v) is 51.6. The van der Waals surface area contributed by atoms with Crippen molar-refractivity contribution in [2.24, 2.45) is 0 Å². The first-order valence-electron chi connectivity index (χ1n) is 32.1. The van der Waals surface area contributed by atoms with Gasteiger partial charge in [0.2, 0.25) is 5.91 Å². The number of quaternary nitrogens is 1. The van der Waals surface area contributed by atoms with Gasteiger partial charge in [-0.15, -0.1) is 0 Å². The van der Waals surface area contributed by atoms with Crippen LogP contribution in [0.25, 0.3) is 0 Å². The molecular weight excluding hydrogens is 964 g/mol. The number of carbonyl (C=O) groups is 2. The summed E-state index contributed by atoms with van der Waals surface area (Å²) in [7, 11) is 1.49. The van der Waals surface area contributed by atoms with E-state index in [1.54, 1.807) is 0 Å². The predicted molar refractivity (Wildman–Crippen MR) is 328 cm³/mol. The van der Waals surface area contributed by atoms with Crippen LogP contribution in [0.1, 0.15) is 297 Å². The maximum absolute atomic E-state index is 13.5. The second kappa shape index (κ2) is 56.0. The van der Waals surface area contributed by atoms with E-state index in [1.165, 1.54) is 173 Å². The van der Waals surface area contributed by atoms with E-state index in [-0.39, 0.29) is 31.5 Å². The van der Waals surface area contributed by atoms with E-state index >= 15 is 0 Å². The monoisotopic (exact) mass is 1090 g/mol. The summed E-state index contributed by atoms with van der Waals surface area (Å²) in [5, 5.41) is 3.06. The van der Waals surface area contributed by atoms with Crippen molar-refractivity contribution in [1.82, 2.24) is 5.32 Å². The molecule has 0 heterocycles. The number of phosphoric ester groups is 1. The fraction of sp³-hybridized carbons (Fsp3) is 0.818. The fourth-order valence-corrected chi connectivity index (χ4v) is 9.95. The predicted octanol–water partition coefficient (Wildman–Crippen LogP) is 19.8. The number of hydrogen-bond acceptors (Lipinski definition) is 6. The molecule has 0 bridgehead atoms. The topological polar surface area (TPSA) is 111 Å². The molecule has 0 aromatic carbocycles. The number of allylic oxidation sites excluding steroid dienone is 9. The molecule has 0 spiro atoms. The van der Waals surface area contributed by atoms with Gasteiger partial charge in [-0.2, -0.15) is 0 Å². The summed E-state index contributed by atoms with van der Waals surface area (Å²) < 4.78 is 30.7. The van der Waals surface area contributed by atoms with E-state index in [0.29, 0.717) is 17.4 Å². The largest absolute Gasteiger partial charge is 0.472 e. The Labute approximate surface area is 471 Å². The van der Waals surface area contributed by atoms with Gasteiger partial charge in [-0.05, 0) is 76.7 Å². The van der Waals surface area contributed by atoms with Crippen molar-refractivity contribution in [1.29, 1.82) is 0 Å². The molecule has 10 heteroatoms. The SMILES string of the molecule is CCCCC/C=C\C/C=C\C/C=C\C/C=C\CCCCCCCCCC(=O)OC(/C=C/CCCCCCCCCCCC)C(COP(=O)(O)OCC[N+](C)(C)C)NC(=O)CCCCCCCCCCCCCCCCC. The molecule has 2 N–H and O–H groups in total. The second-order valence-corrected chi connectivity index (χ2v) is 24.4. The molecule has 0 aromatic rings. The van der Waals surface area contributed by atoms with Crippen molar-refractivity contribution in [2.75, 3.05) is 40.9 Å². The van der Waals surface area contributed by atoms with E-state index in [1.807, 2.05) is 33.3 Å². The van der Waals surface area contributed by atoms with Gasteiger partial charge in [0.15, 0.2) is 0 Å². The molecule has 0 saturated carbocycles. The minimum Gasteiger partial charge on any atom is -0.456 e. The third-order valence-corrected chi connectivity index (χ3v) is 15.2. The Morgan fingerprint density at radius 3 is 1.22 bits per heavy atom. The Hall–Kier alpha value is -2.29. The second-order valence-electron chi connectivity index (χ2n) is 22.9. The molecule has 1 amide bonds. The van der Waals surface area contributed by atoms with Crippen LogP contribution in [-0.4, -0.2) is 74.3 Å². The van der Waals surface area contributed by atoms with E-state index < -0.39 is 20.0 Å². The molecule has 444 valence electrons. The molecule has 0 fully saturated rings. The third kappa shape index (κ3) is 56.4. The minimum atomic E-state index is -4.45. The molecule has 76 heavy (non-hydrogen) atoms. The fourth-order valence-electron chi connectivity index (χ4n) is 9.22. The summed E-state index contributed by atoms with van der Waals surface area (Å²) in [6.45, 7) is 7.00. The van der Waals surface area contributed by atoms with Crippen molar-refractivity contribution < 1.29 is 37.3 Å². The summed E-state index contributed by atoms with van der Waals surface area (Å²) >= 11 is 0. The average molecular weight is 1090 g/mol. The number of ether oxygens (including phenoxy) is 1. The maximum Gasteiger partial charge on any atom is 0.472 e. The molecule has 3 unspecified atom stereocenters. The highest BCUT2D eigenvalue weighted by Crippen LogP contribution is 2.43. The Morgan fingerprint density at radius 2 is 0.803 bits per heavy atom. The van der Waals surface area contributed by atoms with Crippen molar-refractivity contribution in [3.63, 3.8) is 0 Å². The zero-order chi connectivity index (χ0) is 55.7. The Morgan fingerprint density at radius 1 is 0.461 bits per heavy atom. The van der Waals surface area contributed by atoms with Gasteiger partial charge in [0.1, 0.15) is 19.3 Å². The number of carbonyl (C=O) groups excluding carboxylic acids is 2. The highest BCUT2D eigenvalue weighted by atomic mass is 31.2. The van der Waals surface area contributed by atoms with Crippen LogP contribution >= 0.6 is 7.82 Å². The molecule has 0 aliphatic rings. The first-order valence-corrected chi connectivity index (χ1v) is 33.6. The van der Waals surface area contributed by atoms with Crippen LogP contribution in [0, 0.1) is 0 Å². The van der Waals surface area contributed by atoms with Gasteiger partial charge in [0.25, 0.3) is 0 Å². The number of nitrogens with one attached hydrogen (secondary N) is 1. The van der Waals surface area contributed by atoms with E-state index in [9.17, 15) is 19.0 Å². The minimum absolute atomic E-state index is 0.0385.